The molecule has 1 nitrogen and oxygen atoms in total. The van der Waals surface area contributed by atoms with Gasteiger partial charge in [0.2, 0.25) is 0 Å². The van der Waals surface area contributed by atoms with Crippen LogP contribution < -0.4 is 0 Å². The first-order valence-corrected chi connectivity index (χ1v) is 5.51. The third-order valence-corrected chi connectivity index (χ3v) is 3.53. The number of nitrogens with zero attached hydrogens (tertiary/aromatic N) is 1. The van der Waals surface area contributed by atoms with E-state index in [1.54, 1.807) is 0 Å². The summed E-state index contributed by atoms with van der Waals surface area (Å²) in [5.74, 6) is 0. The SMILES string of the molecule is CCN([SiH2]C)C(C)C. The fraction of sp³-hybridized carbons (Fsp3) is 1.00. The highest BCUT2D eigenvalue weighted by Gasteiger charge is 2.01. The Balaban J connectivity index is 3.35. The molecule has 0 amide bonds. The fourth-order valence-corrected chi connectivity index (χ4v) is 2.13. The van der Waals surface area contributed by atoms with Crippen LogP contribution in [0, 0.1) is 0 Å². The topological polar surface area (TPSA) is 3.24 Å². The zero-order valence-corrected chi connectivity index (χ0v) is 7.85. The summed E-state index contributed by atoms with van der Waals surface area (Å²) in [5, 5.41) is 0. The van der Waals surface area contributed by atoms with E-state index in [0.717, 1.165) is 6.04 Å². The van der Waals surface area contributed by atoms with Crippen LogP contribution in [-0.2, 0) is 0 Å². The molecule has 0 unspecified atom stereocenters. The average Bonchev–Trinajstić information content (AvgIpc) is 1.69. The Labute approximate surface area is 55.0 Å². The highest BCUT2D eigenvalue weighted by Crippen LogP contribution is 1.92. The van der Waals surface area contributed by atoms with Gasteiger partial charge in [0.1, 0.15) is 0 Å². The summed E-state index contributed by atoms with van der Waals surface area (Å²) < 4.78 is 2.56. The summed E-state index contributed by atoms with van der Waals surface area (Å²) in [6.45, 7) is 10.3. The molecule has 0 fully saturated rings. The van der Waals surface area contributed by atoms with Crippen molar-refractivity contribution in [2.24, 2.45) is 0 Å². The first kappa shape index (κ1) is 8.18. The zero-order valence-electron chi connectivity index (χ0n) is 6.44. The highest BCUT2D eigenvalue weighted by atomic mass is 28.2. The van der Waals surface area contributed by atoms with Crippen LogP contribution in [-0.4, -0.2) is 26.8 Å². The smallest absolute Gasteiger partial charge is 0.0922 e. The number of hydrogen-bond donors (Lipinski definition) is 0. The van der Waals surface area contributed by atoms with E-state index >= 15 is 0 Å². The molecule has 0 aromatic heterocycles. The van der Waals surface area contributed by atoms with Gasteiger partial charge in [0, 0.05) is 0 Å². The molecular formula is C6H17NSi. The maximum absolute atomic E-state index is 2.56. The van der Waals surface area contributed by atoms with Crippen molar-refractivity contribution in [3.8, 4) is 0 Å². The molecule has 0 aliphatic heterocycles. The Kier molecular flexibility index (Phi) is 4.19. The number of rotatable bonds is 3. The molecule has 8 heavy (non-hydrogen) atoms. The number of hydrogen-bond acceptors (Lipinski definition) is 1. The van der Waals surface area contributed by atoms with Crippen molar-refractivity contribution in [1.82, 2.24) is 4.57 Å². The lowest BCUT2D eigenvalue weighted by atomic mass is 10.4. The Bertz CT molecular complexity index is 50.5. The predicted molar refractivity (Wildman–Crippen MR) is 41.9 cm³/mol. The van der Waals surface area contributed by atoms with Gasteiger partial charge in [0.05, 0.1) is 9.68 Å². The summed E-state index contributed by atoms with van der Waals surface area (Å²) in [6.07, 6.45) is 0. The van der Waals surface area contributed by atoms with Gasteiger partial charge in [-0.2, -0.15) is 0 Å². The lowest BCUT2D eigenvalue weighted by Crippen LogP contribution is -2.32. The molecule has 0 rings (SSSR count). The molecule has 0 aromatic carbocycles. The Morgan fingerprint density at radius 3 is 2.00 bits per heavy atom. The molecule has 0 N–H and O–H groups in total. The largest absolute Gasteiger partial charge is 0.327 e. The van der Waals surface area contributed by atoms with E-state index in [-0.39, 0.29) is 9.68 Å². The highest BCUT2D eigenvalue weighted by molar-refractivity contribution is 6.29. The molecule has 0 bridgehead atoms. The van der Waals surface area contributed by atoms with Crippen molar-refractivity contribution in [2.75, 3.05) is 6.54 Å². The van der Waals surface area contributed by atoms with Crippen LogP contribution in [0.4, 0.5) is 0 Å². The van der Waals surface area contributed by atoms with E-state index < -0.39 is 0 Å². The Hall–Kier alpha value is 0.177. The second-order valence-electron chi connectivity index (χ2n) is 2.31. The molecule has 2 heteroatoms. The van der Waals surface area contributed by atoms with Gasteiger partial charge >= 0.3 is 0 Å². The standard InChI is InChI=1S/C6H17NSi/c1-5-7(8-4)6(2)3/h6H,5,8H2,1-4H3. The van der Waals surface area contributed by atoms with Gasteiger partial charge in [-0.25, -0.2) is 0 Å². The maximum Gasteiger partial charge on any atom is 0.0922 e. The molecular weight excluding hydrogens is 114 g/mol. The summed E-state index contributed by atoms with van der Waals surface area (Å²) in [5.41, 5.74) is 0. The molecule has 0 radical (unpaired) electrons. The van der Waals surface area contributed by atoms with Crippen molar-refractivity contribution >= 4 is 9.68 Å². The van der Waals surface area contributed by atoms with E-state index in [1.807, 2.05) is 0 Å². The molecule has 0 aromatic rings. The van der Waals surface area contributed by atoms with E-state index in [9.17, 15) is 0 Å². The van der Waals surface area contributed by atoms with Gasteiger partial charge in [0.25, 0.3) is 0 Å². The van der Waals surface area contributed by atoms with Gasteiger partial charge in [-0.3, -0.25) is 0 Å². The van der Waals surface area contributed by atoms with Crippen molar-refractivity contribution in [2.45, 2.75) is 33.4 Å². The minimum atomic E-state index is 0.114. The monoisotopic (exact) mass is 131 g/mol. The van der Waals surface area contributed by atoms with Crippen LogP contribution in [0.25, 0.3) is 0 Å². The first-order chi connectivity index (χ1) is 3.72. The van der Waals surface area contributed by atoms with Crippen molar-refractivity contribution in [3.63, 3.8) is 0 Å². The van der Waals surface area contributed by atoms with Crippen LogP contribution in [0.1, 0.15) is 20.8 Å². The van der Waals surface area contributed by atoms with Crippen molar-refractivity contribution in [1.29, 1.82) is 0 Å². The van der Waals surface area contributed by atoms with Crippen molar-refractivity contribution in [3.05, 3.63) is 0 Å². The minimum absolute atomic E-state index is 0.114. The summed E-state index contributed by atoms with van der Waals surface area (Å²) in [4.78, 5) is 0. The second kappa shape index (κ2) is 4.10. The average molecular weight is 131 g/mol. The van der Waals surface area contributed by atoms with Crippen LogP contribution in [0.5, 0.6) is 0 Å². The molecule has 0 atom stereocenters. The molecule has 0 aliphatic rings. The quantitative estimate of drug-likeness (QED) is 0.513. The summed E-state index contributed by atoms with van der Waals surface area (Å²) >= 11 is 0. The second-order valence-corrected chi connectivity index (χ2v) is 3.76. The third-order valence-electron chi connectivity index (χ3n) is 1.54. The van der Waals surface area contributed by atoms with E-state index in [2.05, 4.69) is 31.9 Å². The van der Waals surface area contributed by atoms with Crippen molar-refractivity contribution < 1.29 is 0 Å². The van der Waals surface area contributed by atoms with Crippen LogP contribution in [0.15, 0.2) is 0 Å². The fourth-order valence-electron chi connectivity index (χ4n) is 0.954. The lowest BCUT2D eigenvalue weighted by molar-refractivity contribution is 0.391. The normalized spacial score (nSPS) is 12.8. The van der Waals surface area contributed by atoms with Gasteiger partial charge in [0.15, 0.2) is 0 Å². The predicted octanol–water partition coefficient (Wildman–Crippen LogP) is 0.849. The lowest BCUT2D eigenvalue weighted by Gasteiger charge is -2.22. The van der Waals surface area contributed by atoms with Gasteiger partial charge in [-0.1, -0.05) is 27.3 Å². The first-order valence-electron chi connectivity index (χ1n) is 3.46. The van der Waals surface area contributed by atoms with Crippen LogP contribution in [0.2, 0.25) is 6.55 Å². The molecule has 0 saturated carbocycles. The van der Waals surface area contributed by atoms with E-state index in [0.29, 0.717) is 0 Å². The summed E-state index contributed by atoms with van der Waals surface area (Å²) in [7, 11) is 0.114. The third kappa shape index (κ3) is 2.48. The molecule has 0 aliphatic carbocycles. The molecule has 0 heterocycles. The van der Waals surface area contributed by atoms with Gasteiger partial charge in [-0.05, 0) is 12.6 Å². The van der Waals surface area contributed by atoms with E-state index in [4.69, 9.17) is 0 Å². The molecule has 0 spiro atoms. The minimum Gasteiger partial charge on any atom is -0.327 e. The Morgan fingerprint density at radius 2 is 2.00 bits per heavy atom. The van der Waals surface area contributed by atoms with Gasteiger partial charge < -0.3 is 4.57 Å². The Morgan fingerprint density at radius 1 is 1.50 bits per heavy atom. The van der Waals surface area contributed by atoms with E-state index in [1.165, 1.54) is 6.54 Å². The maximum atomic E-state index is 2.56. The zero-order chi connectivity index (χ0) is 6.57. The molecule has 0 saturated heterocycles. The van der Waals surface area contributed by atoms with Crippen LogP contribution in [0.3, 0.4) is 0 Å². The summed E-state index contributed by atoms with van der Waals surface area (Å²) in [6, 6.07) is 0.775. The van der Waals surface area contributed by atoms with Gasteiger partial charge in [-0.15, -0.1) is 0 Å². The van der Waals surface area contributed by atoms with Crippen LogP contribution >= 0.6 is 0 Å². The molecule has 50 valence electrons.